The monoisotopic (exact) mass is 390 g/mol. The van der Waals surface area contributed by atoms with Crippen molar-refractivity contribution in [2.45, 2.75) is 43.6 Å². The maximum atomic E-state index is 13.4. The van der Waals surface area contributed by atoms with Crippen LogP contribution in [0.15, 0.2) is 54.6 Å². The third-order valence-electron chi connectivity index (χ3n) is 7.17. The second-order valence-corrected chi connectivity index (χ2v) is 8.70. The van der Waals surface area contributed by atoms with Gasteiger partial charge in [-0.15, -0.1) is 0 Å². The zero-order chi connectivity index (χ0) is 20.1. The molecule has 2 aromatic carbocycles. The maximum absolute atomic E-state index is 13.4. The lowest BCUT2D eigenvalue weighted by Gasteiger charge is -2.35. The van der Waals surface area contributed by atoms with Gasteiger partial charge in [-0.05, 0) is 49.3 Å². The Hall–Kier alpha value is -2.66. The number of carbonyl (C=O) groups is 2. The van der Waals surface area contributed by atoms with E-state index in [-0.39, 0.29) is 24.5 Å². The summed E-state index contributed by atoms with van der Waals surface area (Å²) in [5.74, 6) is 0.0213. The Balaban J connectivity index is 1.52. The Morgan fingerprint density at radius 2 is 1.79 bits per heavy atom. The molecule has 0 bridgehead atoms. The SMILES string of the molecule is O=C(N1CC[C@]2(C(=O)Nc3ccccc32)[C@@H]1CCc1ccccc1)C1(CO)CC1. The van der Waals surface area contributed by atoms with Crippen LogP contribution < -0.4 is 5.32 Å². The van der Waals surface area contributed by atoms with Crippen LogP contribution in [0.1, 0.15) is 36.8 Å². The van der Waals surface area contributed by atoms with Crippen molar-refractivity contribution in [2.75, 3.05) is 18.5 Å². The average molecular weight is 390 g/mol. The predicted molar refractivity (Wildman–Crippen MR) is 110 cm³/mol. The highest BCUT2D eigenvalue weighted by atomic mass is 16.3. The van der Waals surface area contributed by atoms with Gasteiger partial charge in [0.2, 0.25) is 11.8 Å². The number of likely N-dealkylation sites (tertiary alicyclic amines) is 1. The summed E-state index contributed by atoms with van der Waals surface area (Å²) in [6.45, 7) is 0.450. The maximum Gasteiger partial charge on any atom is 0.237 e. The summed E-state index contributed by atoms with van der Waals surface area (Å²) in [4.78, 5) is 28.6. The van der Waals surface area contributed by atoms with Crippen LogP contribution in [0.2, 0.25) is 0 Å². The van der Waals surface area contributed by atoms with E-state index in [1.165, 1.54) is 5.56 Å². The molecule has 2 aromatic rings. The van der Waals surface area contributed by atoms with Gasteiger partial charge in [0.05, 0.1) is 23.5 Å². The molecule has 3 aliphatic rings. The van der Waals surface area contributed by atoms with Crippen molar-refractivity contribution in [3.63, 3.8) is 0 Å². The molecule has 5 heteroatoms. The van der Waals surface area contributed by atoms with E-state index in [9.17, 15) is 14.7 Å². The fourth-order valence-corrected chi connectivity index (χ4v) is 5.29. The van der Waals surface area contributed by atoms with E-state index in [2.05, 4.69) is 17.4 Å². The first-order valence-corrected chi connectivity index (χ1v) is 10.5. The summed E-state index contributed by atoms with van der Waals surface area (Å²) in [7, 11) is 0. The van der Waals surface area contributed by atoms with Crippen LogP contribution in [0.25, 0.3) is 0 Å². The number of nitrogens with one attached hydrogen (secondary N) is 1. The highest BCUT2D eigenvalue weighted by Gasteiger charge is 2.61. The van der Waals surface area contributed by atoms with Gasteiger partial charge in [-0.3, -0.25) is 9.59 Å². The highest BCUT2D eigenvalue weighted by Crippen LogP contribution is 2.53. The summed E-state index contributed by atoms with van der Waals surface area (Å²) in [5, 5.41) is 12.9. The molecule has 2 heterocycles. The zero-order valence-electron chi connectivity index (χ0n) is 16.4. The van der Waals surface area contributed by atoms with Crippen LogP contribution in [0, 0.1) is 5.41 Å². The molecule has 1 spiro atoms. The van der Waals surface area contributed by atoms with Crippen LogP contribution in [0.4, 0.5) is 5.69 Å². The molecule has 5 nitrogen and oxygen atoms in total. The van der Waals surface area contributed by atoms with E-state index in [0.29, 0.717) is 13.0 Å². The molecule has 2 atom stereocenters. The van der Waals surface area contributed by atoms with Crippen LogP contribution in [-0.4, -0.2) is 41.0 Å². The Kier molecular flexibility index (Phi) is 4.24. The Morgan fingerprint density at radius 3 is 2.52 bits per heavy atom. The number of anilines is 1. The van der Waals surface area contributed by atoms with Crippen molar-refractivity contribution in [3.05, 3.63) is 65.7 Å². The normalized spacial score (nSPS) is 26.4. The standard InChI is InChI=1S/C24H26N2O3/c27-16-23(12-13-23)22(29)26-15-14-24(18-8-4-5-9-19(18)25-21(24)28)20(26)11-10-17-6-2-1-3-7-17/h1-9,20,27H,10-16H2,(H,25,28)/t20-,24+/m0/s1. The molecule has 2 fully saturated rings. The fraction of sp³-hybridized carbons (Fsp3) is 0.417. The molecule has 2 aliphatic heterocycles. The van der Waals surface area contributed by atoms with Gasteiger partial charge in [-0.25, -0.2) is 0 Å². The van der Waals surface area contributed by atoms with Gasteiger partial charge in [0, 0.05) is 12.2 Å². The van der Waals surface area contributed by atoms with E-state index in [1.807, 2.05) is 47.4 Å². The quantitative estimate of drug-likeness (QED) is 0.825. The number of fused-ring (bicyclic) bond motifs is 2. The molecule has 2 amide bonds. The minimum atomic E-state index is -0.702. The summed E-state index contributed by atoms with van der Waals surface area (Å²) in [5.41, 5.74) is 1.75. The Labute approximate surface area is 170 Å². The lowest BCUT2D eigenvalue weighted by Crippen LogP contribution is -2.51. The molecule has 1 saturated heterocycles. The van der Waals surface area contributed by atoms with Crippen molar-refractivity contribution in [1.82, 2.24) is 4.90 Å². The number of para-hydroxylation sites is 1. The molecular formula is C24H26N2O3. The topological polar surface area (TPSA) is 69.6 Å². The van der Waals surface area contributed by atoms with Crippen molar-refractivity contribution in [3.8, 4) is 0 Å². The molecule has 0 unspecified atom stereocenters. The number of aryl methyl sites for hydroxylation is 1. The van der Waals surface area contributed by atoms with E-state index in [1.54, 1.807) is 0 Å². The number of amides is 2. The van der Waals surface area contributed by atoms with Gasteiger partial charge in [-0.2, -0.15) is 0 Å². The third-order valence-corrected chi connectivity index (χ3v) is 7.17. The number of aliphatic hydroxyl groups excluding tert-OH is 1. The van der Waals surface area contributed by atoms with Crippen molar-refractivity contribution < 1.29 is 14.7 Å². The molecule has 0 aromatic heterocycles. The van der Waals surface area contributed by atoms with E-state index >= 15 is 0 Å². The lowest BCUT2D eigenvalue weighted by atomic mass is 9.73. The van der Waals surface area contributed by atoms with Gasteiger partial charge < -0.3 is 15.3 Å². The zero-order valence-corrected chi connectivity index (χ0v) is 16.4. The number of nitrogens with zero attached hydrogens (tertiary/aromatic N) is 1. The van der Waals surface area contributed by atoms with Gasteiger partial charge in [0.25, 0.3) is 0 Å². The minimum absolute atomic E-state index is 0.000840. The average Bonchev–Trinajstić information content (AvgIpc) is 3.39. The van der Waals surface area contributed by atoms with Crippen molar-refractivity contribution in [2.24, 2.45) is 5.41 Å². The predicted octanol–water partition coefficient (Wildman–Crippen LogP) is 2.88. The minimum Gasteiger partial charge on any atom is -0.395 e. The van der Waals surface area contributed by atoms with Crippen LogP contribution in [0.5, 0.6) is 0 Å². The number of hydrogen-bond acceptors (Lipinski definition) is 3. The fourth-order valence-electron chi connectivity index (χ4n) is 5.29. The Bertz CT molecular complexity index is 954. The van der Waals surface area contributed by atoms with Gasteiger partial charge in [-0.1, -0.05) is 48.5 Å². The summed E-state index contributed by atoms with van der Waals surface area (Å²) in [6, 6.07) is 17.9. The largest absolute Gasteiger partial charge is 0.395 e. The third kappa shape index (κ3) is 2.71. The molecule has 1 aliphatic carbocycles. The summed E-state index contributed by atoms with van der Waals surface area (Å²) in [6.07, 6.45) is 3.63. The van der Waals surface area contributed by atoms with E-state index < -0.39 is 10.8 Å². The first-order chi connectivity index (χ1) is 14.1. The van der Waals surface area contributed by atoms with E-state index in [4.69, 9.17) is 0 Å². The van der Waals surface area contributed by atoms with Crippen molar-refractivity contribution >= 4 is 17.5 Å². The van der Waals surface area contributed by atoms with Gasteiger partial charge in [0.1, 0.15) is 0 Å². The number of benzene rings is 2. The number of carbonyl (C=O) groups excluding carboxylic acids is 2. The molecule has 0 radical (unpaired) electrons. The second kappa shape index (κ2) is 6.70. The molecule has 29 heavy (non-hydrogen) atoms. The second-order valence-electron chi connectivity index (χ2n) is 8.70. The number of rotatable bonds is 5. The van der Waals surface area contributed by atoms with Crippen LogP contribution in [0.3, 0.4) is 0 Å². The number of hydrogen-bond donors (Lipinski definition) is 2. The number of aliphatic hydroxyl groups is 1. The first kappa shape index (κ1) is 18.4. The molecule has 150 valence electrons. The van der Waals surface area contributed by atoms with Gasteiger partial charge >= 0.3 is 0 Å². The van der Waals surface area contributed by atoms with Crippen LogP contribution in [-0.2, 0) is 21.4 Å². The van der Waals surface area contributed by atoms with Crippen LogP contribution >= 0.6 is 0 Å². The summed E-state index contributed by atoms with van der Waals surface area (Å²) >= 11 is 0. The molecule has 2 N–H and O–H groups in total. The smallest absolute Gasteiger partial charge is 0.237 e. The highest BCUT2D eigenvalue weighted by molar-refractivity contribution is 6.07. The van der Waals surface area contributed by atoms with Gasteiger partial charge in [0.15, 0.2) is 0 Å². The molecule has 1 saturated carbocycles. The first-order valence-electron chi connectivity index (χ1n) is 10.5. The van der Waals surface area contributed by atoms with E-state index in [0.717, 1.165) is 36.9 Å². The molecule has 5 rings (SSSR count). The Morgan fingerprint density at radius 1 is 1.07 bits per heavy atom. The van der Waals surface area contributed by atoms with Crippen molar-refractivity contribution in [1.29, 1.82) is 0 Å². The summed E-state index contributed by atoms with van der Waals surface area (Å²) < 4.78 is 0. The molecular weight excluding hydrogens is 364 g/mol. The lowest BCUT2D eigenvalue weighted by molar-refractivity contribution is -0.140.